The average molecular weight is 258 g/mol. The van der Waals surface area contributed by atoms with Crippen LogP contribution in [-0.2, 0) is 9.53 Å². The summed E-state index contributed by atoms with van der Waals surface area (Å²) in [4.78, 5) is 13.7. The molecule has 0 amide bonds. The zero-order chi connectivity index (χ0) is 11.4. The summed E-state index contributed by atoms with van der Waals surface area (Å²) in [7, 11) is 1.47. The lowest BCUT2D eigenvalue weighted by atomic mass is 10.0. The molecule has 1 aliphatic carbocycles. The van der Waals surface area contributed by atoms with E-state index < -0.39 is 0 Å². The molecule has 1 aliphatic heterocycles. The van der Waals surface area contributed by atoms with E-state index in [-0.39, 0.29) is 5.97 Å². The molecule has 1 saturated carbocycles. The summed E-state index contributed by atoms with van der Waals surface area (Å²) < 4.78 is 4.82. The SMILES string of the molecule is COC(=O)C1=C(SC2CCCCC2)CCS1. The Balaban J connectivity index is 1.98. The van der Waals surface area contributed by atoms with Crippen molar-refractivity contribution in [3.8, 4) is 0 Å². The Kier molecular flexibility index (Phi) is 4.65. The van der Waals surface area contributed by atoms with Gasteiger partial charge in [-0.25, -0.2) is 4.79 Å². The van der Waals surface area contributed by atoms with Gasteiger partial charge in [0, 0.05) is 15.9 Å². The van der Waals surface area contributed by atoms with Gasteiger partial charge in [-0.3, -0.25) is 0 Å². The van der Waals surface area contributed by atoms with Crippen molar-refractivity contribution in [1.29, 1.82) is 0 Å². The lowest BCUT2D eigenvalue weighted by Gasteiger charge is -2.21. The van der Waals surface area contributed by atoms with Crippen molar-refractivity contribution in [1.82, 2.24) is 0 Å². The average Bonchev–Trinajstić information content (AvgIpc) is 2.77. The Bertz CT molecular complexity index is 293. The Morgan fingerprint density at radius 3 is 2.81 bits per heavy atom. The summed E-state index contributed by atoms with van der Waals surface area (Å²) >= 11 is 3.59. The third-order valence-electron chi connectivity index (χ3n) is 3.06. The molecular formula is C12H18O2S2. The molecule has 0 N–H and O–H groups in total. The van der Waals surface area contributed by atoms with Crippen LogP contribution in [0.2, 0.25) is 0 Å². The molecule has 1 heterocycles. The second kappa shape index (κ2) is 6.01. The number of hydrogen-bond donors (Lipinski definition) is 0. The van der Waals surface area contributed by atoms with Gasteiger partial charge < -0.3 is 4.74 Å². The Morgan fingerprint density at radius 1 is 1.38 bits per heavy atom. The number of thioether (sulfide) groups is 2. The normalized spacial score (nSPS) is 22.6. The Labute approximate surface area is 106 Å². The molecule has 0 aromatic heterocycles. The van der Waals surface area contributed by atoms with E-state index >= 15 is 0 Å². The first-order valence-electron chi connectivity index (χ1n) is 5.92. The summed E-state index contributed by atoms with van der Waals surface area (Å²) in [5.41, 5.74) is 0. The van der Waals surface area contributed by atoms with Gasteiger partial charge in [0.15, 0.2) is 0 Å². The molecule has 0 atom stereocenters. The zero-order valence-corrected chi connectivity index (χ0v) is 11.3. The molecule has 0 aromatic carbocycles. The van der Waals surface area contributed by atoms with Crippen molar-refractivity contribution in [2.45, 2.75) is 43.8 Å². The van der Waals surface area contributed by atoms with E-state index in [4.69, 9.17) is 4.74 Å². The summed E-state index contributed by atoms with van der Waals surface area (Å²) in [5.74, 6) is 0.903. The molecule has 2 aliphatic rings. The molecule has 0 aromatic rings. The van der Waals surface area contributed by atoms with Gasteiger partial charge >= 0.3 is 5.97 Å². The topological polar surface area (TPSA) is 26.3 Å². The number of carbonyl (C=O) groups is 1. The monoisotopic (exact) mass is 258 g/mol. The highest BCUT2D eigenvalue weighted by atomic mass is 32.2. The van der Waals surface area contributed by atoms with E-state index in [2.05, 4.69) is 0 Å². The summed E-state index contributed by atoms with van der Waals surface area (Å²) in [6.07, 6.45) is 7.77. The zero-order valence-electron chi connectivity index (χ0n) is 9.66. The molecule has 0 saturated heterocycles. The van der Waals surface area contributed by atoms with Crippen LogP contribution in [0.25, 0.3) is 0 Å². The van der Waals surface area contributed by atoms with Crippen LogP contribution in [0.5, 0.6) is 0 Å². The highest BCUT2D eigenvalue weighted by Gasteiger charge is 2.25. The number of allylic oxidation sites excluding steroid dienone is 1. The van der Waals surface area contributed by atoms with Crippen LogP contribution >= 0.6 is 23.5 Å². The van der Waals surface area contributed by atoms with Gasteiger partial charge in [0.05, 0.1) is 7.11 Å². The lowest BCUT2D eigenvalue weighted by molar-refractivity contribution is -0.135. The molecule has 0 bridgehead atoms. The third-order valence-corrected chi connectivity index (χ3v) is 5.80. The lowest BCUT2D eigenvalue weighted by Crippen LogP contribution is -2.09. The number of hydrogen-bond acceptors (Lipinski definition) is 4. The predicted octanol–water partition coefficient (Wildman–Crippen LogP) is 3.57. The third kappa shape index (κ3) is 2.98. The highest BCUT2D eigenvalue weighted by molar-refractivity contribution is 8.08. The van der Waals surface area contributed by atoms with E-state index in [1.54, 1.807) is 11.8 Å². The van der Waals surface area contributed by atoms with Gasteiger partial charge in [0.2, 0.25) is 0 Å². The maximum absolute atomic E-state index is 11.6. The van der Waals surface area contributed by atoms with E-state index in [0.717, 1.165) is 22.3 Å². The van der Waals surface area contributed by atoms with Crippen molar-refractivity contribution in [3.05, 3.63) is 9.81 Å². The van der Waals surface area contributed by atoms with Gasteiger partial charge in [0.1, 0.15) is 4.91 Å². The van der Waals surface area contributed by atoms with E-state index in [1.165, 1.54) is 44.1 Å². The molecule has 0 spiro atoms. The fourth-order valence-corrected chi connectivity index (χ4v) is 5.01. The van der Waals surface area contributed by atoms with E-state index in [0.29, 0.717) is 0 Å². The van der Waals surface area contributed by atoms with Gasteiger partial charge in [-0.2, -0.15) is 0 Å². The van der Waals surface area contributed by atoms with Crippen molar-refractivity contribution in [2.24, 2.45) is 0 Å². The first-order chi connectivity index (χ1) is 7.81. The first-order valence-corrected chi connectivity index (χ1v) is 7.78. The minimum absolute atomic E-state index is 0.138. The first kappa shape index (κ1) is 12.4. The van der Waals surface area contributed by atoms with Crippen LogP contribution in [0, 0.1) is 0 Å². The molecular weight excluding hydrogens is 240 g/mol. The second-order valence-electron chi connectivity index (χ2n) is 4.22. The molecule has 16 heavy (non-hydrogen) atoms. The maximum Gasteiger partial charge on any atom is 0.345 e. The van der Waals surface area contributed by atoms with Crippen molar-refractivity contribution in [3.63, 3.8) is 0 Å². The van der Waals surface area contributed by atoms with Gasteiger partial charge in [-0.05, 0) is 19.3 Å². The maximum atomic E-state index is 11.6. The molecule has 2 rings (SSSR count). The van der Waals surface area contributed by atoms with Crippen LogP contribution < -0.4 is 0 Å². The van der Waals surface area contributed by atoms with Crippen LogP contribution in [0.3, 0.4) is 0 Å². The number of esters is 1. The summed E-state index contributed by atoms with van der Waals surface area (Å²) in [6.45, 7) is 0. The molecule has 4 heteroatoms. The number of methoxy groups -OCH3 is 1. The molecule has 1 fully saturated rings. The van der Waals surface area contributed by atoms with E-state index in [1.807, 2.05) is 11.8 Å². The molecule has 2 nitrogen and oxygen atoms in total. The van der Waals surface area contributed by atoms with Gasteiger partial charge in [0.25, 0.3) is 0 Å². The van der Waals surface area contributed by atoms with Crippen LogP contribution in [0.4, 0.5) is 0 Å². The Morgan fingerprint density at radius 2 is 2.12 bits per heavy atom. The molecule has 0 unspecified atom stereocenters. The number of carbonyl (C=O) groups excluding carboxylic acids is 1. The van der Waals surface area contributed by atoms with Crippen molar-refractivity contribution >= 4 is 29.5 Å². The number of rotatable bonds is 3. The smallest absolute Gasteiger partial charge is 0.345 e. The summed E-state index contributed by atoms with van der Waals surface area (Å²) in [6, 6.07) is 0. The molecule has 0 radical (unpaired) electrons. The molecule has 90 valence electrons. The van der Waals surface area contributed by atoms with Crippen LogP contribution in [0.1, 0.15) is 38.5 Å². The number of ether oxygens (including phenoxy) is 1. The minimum Gasteiger partial charge on any atom is -0.465 e. The minimum atomic E-state index is -0.138. The fourth-order valence-electron chi connectivity index (χ4n) is 2.20. The van der Waals surface area contributed by atoms with Crippen molar-refractivity contribution in [2.75, 3.05) is 12.9 Å². The Hall–Kier alpha value is -0.0900. The highest BCUT2D eigenvalue weighted by Crippen LogP contribution is 2.43. The predicted molar refractivity (Wildman–Crippen MR) is 70.6 cm³/mol. The van der Waals surface area contributed by atoms with Gasteiger partial charge in [-0.15, -0.1) is 23.5 Å². The summed E-state index contributed by atoms with van der Waals surface area (Å²) in [5, 5.41) is 0.738. The second-order valence-corrected chi connectivity index (χ2v) is 6.72. The fraction of sp³-hybridized carbons (Fsp3) is 0.750. The van der Waals surface area contributed by atoms with Crippen LogP contribution in [0.15, 0.2) is 9.81 Å². The standard InChI is InChI=1S/C12H18O2S2/c1-14-12(13)11-10(7-8-15-11)16-9-5-3-2-4-6-9/h9H,2-8H2,1H3. The van der Waals surface area contributed by atoms with Gasteiger partial charge in [-0.1, -0.05) is 19.3 Å². The van der Waals surface area contributed by atoms with E-state index in [9.17, 15) is 4.79 Å². The largest absolute Gasteiger partial charge is 0.465 e. The van der Waals surface area contributed by atoms with Crippen LogP contribution in [-0.4, -0.2) is 24.1 Å². The quantitative estimate of drug-likeness (QED) is 0.723. The van der Waals surface area contributed by atoms with Crippen molar-refractivity contribution < 1.29 is 9.53 Å².